The molecule has 1 saturated heterocycles. The van der Waals surface area contributed by atoms with E-state index in [2.05, 4.69) is 49.7 Å². The number of nitrogens with two attached hydrogens (primary N) is 1. The number of rotatable bonds is 3. The summed E-state index contributed by atoms with van der Waals surface area (Å²) in [6.45, 7) is 12.7. The normalized spacial score (nSPS) is 24.4. The molecule has 0 radical (unpaired) electrons. The largest absolute Gasteiger partial charge is 0.338 e. The predicted molar refractivity (Wildman–Crippen MR) is 82.0 cm³/mol. The topological polar surface area (TPSA) is 68.2 Å². The summed E-state index contributed by atoms with van der Waals surface area (Å²) in [5, 5.41) is 4.05. The molecule has 0 bridgehead atoms. The quantitative estimate of drug-likeness (QED) is 0.930. The highest BCUT2D eigenvalue weighted by Gasteiger charge is 2.36. The van der Waals surface area contributed by atoms with Gasteiger partial charge >= 0.3 is 0 Å². The predicted octanol–water partition coefficient (Wildman–Crippen LogP) is 2.74. The van der Waals surface area contributed by atoms with Crippen molar-refractivity contribution in [1.29, 1.82) is 0 Å². The molecule has 1 fully saturated rings. The summed E-state index contributed by atoms with van der Waals surface area (Å²) in [5.41, 5.74) is 6.31. The fourth-order valence-electron chi connectivity index (χ4n) is 2.55. The van der Waals surface area contributed by atoms with E-state index in [1.807, 2.05) is 0 Å². The zero-order chi connectivity index (χ0) is 14.2. The number of hydrogen-bond acceptors (Lipinski definition) is 5. The molecule has 0 amide bonds. The summed E-state index contributed by atoms with van der Waals surface area (Å²) in [6, 6.07) is 0.427. The average molecular weight is 303 g/mol. The molecule has 20 heavy (non-hydrogen) atoms. The summed E-state index contributed by atoms with van der Waals surface area (Å²) in [4.78, 5) is 6.89. The maximum absolute atomic E-state index is 6.18. The van der Waals surface area contributed by atoms with E-state index in [1.165, 1.54) is 0 Å². The van der Waals surface area contributed by atoms with E-state index in [9.17, 15) is 0 Å². The van der Waals surface area contributed by atoms with Gasteiger partial charge in [-0.05, 0) is 18.8 Å². The SMILES string of the molecule is CC(C)c1noc(C(C)N2CCC(N)C(C)(C)C2)n1.Cl. The average Bonchev–Trinajstić information content (AvgIpc) is 2.81. The minimum absolute atomic E-state index is 0. The Hall–Kier alpha value is -0.650. The molecule has 0 saturated carbocycles. The van der Waals surface area contributed by atoms with Crippen LogP contribution in [0, 0.1) is 5.41 Å². The van der Waals surface area contributed by atoms with Crippen molar-refractivity contribution in [3.63, 3.8) is 0 Å². The fourth-order valence-corrected chi connectivity index (χ4v) is 2.55. The van der Waals surface area contributed by atoms with E-state index in [1.54, 1.807) is 0 Å². The first-order valence-electron chi connectivity index (χ1n) is 7.14. The molecule has 2 atom stereocenters. The molecule has 2 rings (SSSR count). The first-order chi connectivity index (χ1) is 8.81. The number of likely N-dealkylation sites (tertiary alicyclic amines) is 1. The Morgan fingerprint density at radius 3 is 2.50 bits per heavy atom. The molecular formula is C14H27ClN4O. The molecule has 1 aromatic rings. The van der Waals surface area contributed by atoms with Gasteiger partial charge in [-0.1, -0.05) is 32.9 Å². The van der Waals surface area contributed by atoms with Crippen LogP contribution in [0.25, 0.3) is 0 Å². The molecule has 1 aliphatic rings. The van der Waals surface area contributed by atoms with Crippen molar-refractivity contribution in [2.75, 3.05) is 13.1 Å². The van der Waals surface area contributed by atoms with Crippen molar-refractivity contribution in [3.05, 3.63) is 11.7 Å². The minimum Gasteiger partial charge on any atom is -0.338 e. The summed E-state index contributed by atoms with van der Waals surface area (Å²) in [7, 11) is 0. The van der Waals surface area contributed by atoms with Crippen LogP contribution in [0.3, 0.4) is 0 Å². The number of aromatic nitrogens is 2. The summed E-state index contributed by atoms with van der Waals surface area (Å²) >= 11 is 0. The van der Waals surface area contributed by atoms with Crippen molar-refractivity contribution < 1.29 is 4.52 Å². The molecule has 6 heteroatoms. The van der Waals surface area contributed by atoms with E-state index in [0.29, 0.717) is 5.92 Å². The second-order valence-electron chi connectivity index (χ2n) is 6.68. The van der Waals surface area contributed by atoms with Crippen molar-refractivity contribution in [2.24, 2.45) is 11.1 Å². The van der Waals surface area contributed by atoms with E-state index in [-0.39, 0.29) is 29.9 Å². The van der Waals surface area contributed by atoms with Gasteiger partial charge in [0, 0.05) is 25.0 Å². The highest BCUT2D eigenvalue weighted by Crippen LogP contribution is 2.32. The van der Waals surface area contributed by atoms with E-state index in [4.69, 9.17) is 10.3 Å². The number of halogens is 1. The smallest absolute Gasteiger partial charge is 0.243 e. The van der Waals surface area contributed by atoms with Crippen LogP contribution in [0.5, 0.6) is 0 Å². The van der Waals surface area contributed by atoms with Crippen LogP contribution in [-0.2, 0) is 0 Å². The lowest BCUT2D eigenvalue weighted by Crippen LogP contribution is -2.52. The number of nitrogens with zero attached hydrogens (tertiary/aromatic N) is 3. The third-order valence-electron chi connectivity index (χ3n) is 4.22. The zero-order valence-electron chi connectivity index (χ0n) is 13.1. The molecule has 1 aromatic heterocycles. The van der Waals surface area contributed by atoms with Gasteiger partial charge in [-0.15, -0.1) is 12.4 Å². The summed E-state index contributed by atoms with van der Waals surface area (Å²) < 4.78 is 5.40. The lowest BCUT2D eigenvalue weighted by atomic mass is 9.79. The number of piperidine rings is 1. The Labute approximate surface area is 127 Å². The van der Waals surface area contributed by atoms with Crippen molar-refractivity contribution in [1.82, 2.24) is 15.0 Å². The van der Waals surface area contributed by atoms with Gasteiger partial charge in [0.1, 0.15) is 0 Å². The first kappa shape index (κ1) is 17.4. The van der Waals surface area contributed by atoms with Crippen LogP contribution in [0.1, 0.15) is 64.7 Å². The summed E-state index contributed by atoms with van der Waals surface area (Å²) in [5.74, 6) is 1.81. The van der Waals surface area contributed by atoms with Crippen LogP contribution in [0.15, 0.2) is 4.52 Å². The zero-order valence-corrected chi connectivity index (χ0v) is 13.9. The van der Waals surface area contributed by atoms with Crippen LogP contribution in [0.2, 0.25) is 0 Å². The van der Waals surface area contributed by atoms with Crippen molar-refractivity contribution >= 4 is 12.4 Å². The van der Waals surface area contributed by atoms with E-state index >= 15 is 0 Å². The van der Waals surface area contributed by atoms with Crippen molar-refractivity contribution in [3.8, 4) is 0 Å². The van der Waals surface area contributed by atoms with Crippen LogP contribution < -0.4 is 5.73 Å². The second kappa shape index (κ2) is 6.41. The number of hydrogen-bond donors (Lipinski definition) is 1. The van der Waals surface area contributed by atoms with Gasteiger partial charge in [0.2, 0.25) is 5.89 Å². The minimum atomic E-state index is 0. The highest BCUT2D eigenvalue weighted by molar-refractivity contribution is 5.85. The van der Waals surface area contributed by atoms with Gasteiger partial charge < -0.3 is 10.3 Å². The summed E-state index contributed by atoms with van der Waals surface area (Å²) in [6.07, 6.45) is 1.02. The van der Waals surface area contributed by atoms with E-state index in [0.717, 1.165) is 31.2 Å². The first-order valence-corrected chi connectivity index (χ1v) is 7.14. The Bertz CT molecular complexity index is 433. The Kier molecular flexibility index (Phi) is 5.58. The van der Waals surface area contributed by atoms with Crippen molar-refractivity contribution in [2.45, 2.75) is 59.0 Å². The van der Waals surface area contributed by atoms with Gasteiger partial charge in [0.25, 0.3) is 0 Å². The van der Waals surface area contributed by atoms with Gasteiger partial charge in [-0.2, -0.15) is 4.98 Å². The van der Waals surface area contributed by atoms with Gasteiger partial charge in [-0.3, -0.25) is 4.90 Å². The molecule has 5 nitrogen and oxygen atoms in total. The van der Waals surface area contributed by atoms with Gasteiger partial charge in [0.05, 0.1) is 6.04 Å². The molecular weight excluding hydrogens is 276 g/mol. The molecule has 116 valence electrons. The van der Waals surface area contributed by atoms with Crippen LogP contribution >= 0.6 is 12.4 Å². The Morgan fingerprint density at radius 2 is 2.00 bits per heavy atom. The molecule has 0 aliphatic carbocycles. The Balaban J connectivity index is 0.00000200. The molecule has 2 N–H and O–H groups in total. The van der Waals surface area contributed by atoms with E-state index < -0.39 is 0 Å². The molecule has 0 spiro atoms. The third kappa shape index (κ3) is 3.51. The third-order valence-corrected chi connectivity index (χ3v) is 4.22. The highest BCUT2D eigenvalue weighted by atomic mass is 35.5. The maximum atomic E-state index is 6.18. The standard InChI is InChI=1S/C14H26N4O.ClH/c1-9(2)12-16-13(19-17-12)10(3)18-7-6-11(15)14(4,5)8-18;/h9-11H,6-8,15H2,1-5H3;1H. The lowest BCUT2D eigenvalue weighted by molar-refractivity contribution is 0.0549. The lowest BCUT2D eigenvalue weighted by Gasteiger charge is -2.44. The maximum Gasteiger partial charge on any atom is 0.243 e. The monoisotopic (exact) mass is 302 g/mol. The second-order valence-corrected chi connectivity index (χ2v) is 6.68. The van der Waals surface area contributed by atoms with Gasteiger partial charge in [-0.25, -0.2) is 0 Å². The van der Waals surface area contributed by atoms with Crippen LogP contribution in [-0.4, -0.2) is 34.2 Å². The van der Waals surface area contributed by atoms with Crippen LogP contribution in [0.4, 0.5) is 0 Å². The Morgan fingerprint density at radius 1 is 1.35 bits per heavy atom. The molecule has 1 aliphatic heterocycles. The molecule has 2 heterocycles. The van der Waals surface area contributed by atoms with Gasteiger partial charge in [0.15, 0.2) is 5.82 Å². The molecule has 0 aromatic carbocycles. The fraction of sp³-hybridized carbons (Fsp3) is 0.857. The molecule has 2 unspecified atom stereocenters.